The van der Waals surface area contributed by atoms with Crippen LogP contribution in [-0.4, -0.2) is 22.8 Å². The Balaban J connectivity index is 2.56. The summed E-state index contributed by atoms with van der Waals surface area (Å²) < 4.78 is 63.7. The first kappa shape index (κ1) is 11.8. The summed E-state index contributed by atoms with van der Waals surface area (Å²) in [5.41, 5.74) is -4.07. The Bertz CT molecular complexity index is 495. The van der Waals surface area contributed by atoms with E-state index in [0.29, 0.717) is 6.20 Å². The zero-order valence-corrected chi connectivity index (χ0v) is 8.18. The first-order valence-electron chi connectivity index (χ1n) is 4.54. The first-order chi connectivity index (χ1) is 7.73. The monoisotopic (exact) mass is 255 g/mol. The third-order valence-electron chi connectivity index (χ3n) is 2.44. The molecule has 1 N–H and O–H groups in total. The number of hydrogen-bond donors (Lipinski definition) is 1. The van der Waals surface area contributed by atoms with E-state index in [1.54, 1.807) is 5.10 Å². The van der Waals surface area contributed by atoms with E-state index in [0.717, 1.165) is 0 Å². The Morgan fingerprint density at radius 2 is 2.06 bits per heavy atom. The Labute approximate surface area is 91.0 Å². The lowest BCUT2D eigenvalue weighted by atomic mass is 10.1. The van der Waals surface area contributed by atoms with Crippen molar-refractivity contribution in [1.29, 1.82) is 0 Å². The Kier molecular flexibility index (Phi) is 2.37. The second kappa shape index (κ2) is 3.41. The Morgan fingerprint density at radius 3 is 2.47 bits per heavy atom. The van der Waals surface area contributed by atoms with Gasteiger partial charge in [-0.25, -0.2) is 5.10 Å². The average molecular weight is 255 g/mol. The summed E-state index contributed by atoms with van der Waals surface area (Å²) in [4.78, 5) is 11.3. The van der Waals surface area contributed by atoms with Crippen molar-refractivity contribution < 1.29 is 22.0 Å². The fraction of sp³-hybridized carbons (Fsp3) is 0.500. The zero-order valence-electron chi connectivity index (χ0n) is 8.18. The topological polar surface area (TPSA) is 49.0 Å². The summed E-state index contributed by atoms with van der Waals surface area (Å²) in [7, 11) is 0. The number of hydrogen-bond acceptors (Lipinski definition) is 3. The lowest BCUT2D eigenvalue weighted by Crippen LogP contribution is -2.55. The number of aromatic amines is 1. The molecule has 0 saturated carbocycles. The lowest BCUT2D eigenvalue weighted by Gasteiger charge is -2.42. The maximum Gasteiger partial charge on any atom is 0.423 e. The zero-order chi connectivity index (χ0) is 12.8. The number of H-pyrrole nitrogens is 1. The molecule has 0 bridgehead atoms. The number of halogens is 5. The van der Waals surface area contributed by atoms with Crippen molar-refractivity contribution in [2.75, 3.05) is 11.4 Å². The van der Waals surface area contributed by atoms with Crippen LogP contribution in [0, 0.1) is 0 Å². The van der Waals surface area contributed by atoms with Crippen LogP contribution < -0.4 is 10.5 Å². The molecule has 1 aliphatic heterocycles. The molecule has 0 spiro atoms. The minimum absolute atomic E-state index is 0.220. The van der Waals surface area contributed by atoms with Crippen LogP contribution in [0.15, 0.2) is 11.0 Å². The summed E-state index contributed by atoms with van der Waals surface area (Å²) >= 11 is 0. The van der Waals surface area contributed by atoms with Crippen LogP contribution in [0.4, 0.5) is 27.6 Å². The minimum Gasteiger partial charge on any atom is -0.311 e. The van der Waals surface area contributed by atoms with E-state index in [4.69, 9.17) is 0 Å². The highest BCUT2D eigenvalue weighted by Crippen LogP contribution is 2.42. The van der Waals surface area contributed by atoms with Crippen LogP contribution in [0.25, 0.3) is 0 Å². The van der Waals surface area contributed by atoms with Gasteiger partial charge >= 0.3 is 12.2 Å². The summed E-state index contributed by atoms with van der Waals surface area (Å²) in [6, 6.07) is -3.37. The van der Waals surface area contributed by atoms with Gasteiger partial charge in [0, 0.05) is 13.0 Å². The van der Waals surface area contributed by atoms with E-state index in [1.807, 2.05) is 0 Å². The van der Waals surface area contributed by atoms with Gasteiger partial charge in [0.2, 0.25) is 0 Å². The minimum atomic E-state index is -5.00. The van der Waals surface area contributed by atoms with Gasteiger partial charge in [0.15, 0.2) is 0 Å². The third-order valence-corrected chi connectivity index (χ3v) is 2.44. The van der Waals surface area contributed by atoms with Crippen molar-refractivity contribution in [2.45, 2.75) is 18.6 Å². The number of nitrogens with one attached hydrogen (secondary N) is 1. The van der Waals surface area contributed by atoms with Gasteiger partial charge in [-0.3, -0.25) is 4.79 Å². The maximum atomic E-state index is 13.0. The fourth-order valence-corrected chi connectivity index (χ4v) is 1.56. The first-order valence-corrected chi connectivity index (χ1v) is 4.54. The molecular formula is C8H6F5N3O. The molecule has 0 aromatic carbocycles. The van der Waals surface area contributed by atoms with Crippen molar-refractivity contribution in [3.63, 3.8) is 0 Å². The van der Waals surface area contributed by atoms with E-state index < -0.39 is 35.5 Å². The molecule has 17 heavy (non-hydrogen) atoms. The molecule has 1 aliphatic rings. The normalized spacial score (nSPS) is 19.0. The van der Waals surface area contributed by atoms with Crippen LogP contribution >= 0.6 is 0 Å². The SMILES string of the molecule is O=c1[nH]ncc(N2CCC2(F)F)c1C(F)(F)F. The Hall–Kier alpha value is -1.67. The molecule has 0 radical (unpaired) electrons. The van der Waals surface area contributed by atoms with E-state index in [1.165, 1.54) is 0 Å². The van der Waals surface area contributed by atoms with E-state index in [-0.39, 0.29) is 11.4 Å². The highest BCUT2D eigenvalue weighted by atomic mass is 19.4. The number of anilines is 1. The molecule has 2 rings (SSSR count). The van der Waals surface area contributed by atoms with Crippen molar-refractivity contribution in [3.05, 3.63) is 22.1 Å². The fourth-order valence-electron chi connectivity index (χ4n) is 1.56. The van der Waals surface area contributed by atoms with Gasteiger partial charge < -0.3 is 4.90 Å². The number of rotatable bonds is 1. The summed E-state index contributed by atoms with van der Waals surface area (Å²) in [5, 5.41) is 4.69. The van der Waals surface area contributed by atoms with Crippen molar-refractivity contribution >= 4 is 5.69 Å². The van der Waals surface area contributed by atoms with Gasteiger partial charge in [-0.15, -0.1) is 0 Å². The van der Waals surface area contributed by atoms with Crippen LogP contribution in [0.2, 0.25) is 0 Å². The van der Waals surface area contributed by atoms with Gasteiger partial charge in [0.25, 0.3) is 5.56 Å². The molecular weight excluding hydrogens is 249 g/mol. The Morgan fingerprint density at radius 1 is 1.41 bits per heavy atom. The molecule has 1 aromatic rings. The molecule has 0 unspecified atom stereocenters. The van der Waals surface area contributed by atoms with Crippen molar-refractivity contribution in [3.8, 4) is 0 Å². The summed E-state index contributed by atoms with van der Waals surface area (Å²) in [6.45, 7) is -0.249. The van der Waals surface area contributed by atoms with E-state index >= 15 is 0 Å². The average Bonchev–Trinajstić information content (AvgIpc) is 2.14. The maximum absolute atomic E-state index is 13.0. The van der Waals surface area contributed by atoms with Gasteiger partial charge in [-0.1, -0.05) is 0 Å². The predicted octanol–water partition coefficient (Wildman–Crippen LogP) is 1.59. The molecule has 4 nitrogen and oxygen atoms in total. The molecule has 2 heterocycles. The molecule has 1 aromatic heterocycles. The second-order valence-corrected chi connectivity index (χ2v) is 3.52. The molecule has 0 aliphatic carbocycles. The van der Waals surface area contributed by atoms with E-state index in [9.17, 15) is 26.7 Å². The molecule has 0 amide bonds. The van der Waals surface area contributed by atoms with Gasteiger partial charge in [-0.05, 0) is 0 Å². The lowest BCUT2D eigenvalue weighted by molar-refractivity contribution is -0.139. The molecule has 0 atom stereocenters. The third kappa shape index (κ3) is 1.85. The standard InChI is InChI=1S/C8H6F5N3O/c9-7(10)1-2-16(7)4-3-14-15-6(17)5(4)8(11,12)13/h3H,1-2H2,(H,15,17). The molecule has 94 valence electrons. The smallest absolute Gasteiger partial charge is 0.311 e. The highest BCUT2D eigenvalue weighted by Gasteiger charge is 2.50. The molecule has 1 fully saturated rings. The van der Waals surface area contributed by atoms with Crippen molar-refractivity contribution in [1.82, 2.24) is 10.2 Å². The number of alkyl halides is 5. The predicted molar refractivity (Wildman–Crippen MR) is 46.8 cm³/mol. The second-order valence-electron chi connectivity index (χ2n) is 3.52. The van der Waals surface area contributed by atoms with Gasteiger partial charge in [0.1, 0.15) is 5.56 Å². The van der Waals surface area contributed by atoms with E-state index in [2.05, 4.69) is 5.10 Å². The van der Waals surface area contributed by atoms with Crippen LogP contribution in [-0.2, 0) is 6.18 Å². The van der Waals surface area contributed by atoms with Crippen molar-refractivity contribution in [2.24, 2.45) is 0 Å². The largest absolute Gasteiger partial charge is 0.423 e. The van der Waals surface area contributed by atoms with Crippen LogP contribution in [0.1, 0.15) is 12.0 Å². The molecule has 1 saturated heterocycles. The van der Waals surface area contributed by atoms with Crippen LogP contribution in [0.5, 0.6) is 0 Å². The van der Waals surface area contributed by atoms with Gasteiger partial charge in [0.05, 0.1) is 11.9 Å². The van der Waals surface area contributed by atoms with Crippen LogP contribution in [0.3, 0.4) is 0 Å². The highest BCUT2D eigenvalue weighted by molar-refractivity contribution is 5.55. The van der Waals surface area contributed by atoms with Gasteiger partial charge in [-0.2, -0.15) is 27.1 Å². The number of aromatic nitrogens is 2. The molecule has 9 heteroatoms. The quantitative estimate of drug-likeness (QED) is 0.612. The summed E-state index contributed by atoms with van der Waals surface area (Å²) in [5.74, 6) is 0. The summed E-state index contributed by atoms with van der Waals surface area (Å²) in [6.07, 6.45) is -4.97. The number of nitrogens with zero attached hydrogens (tertiary/aromatic N) is 2.